The van der Waals surface area contributed by atoms with Crippen LogP contribution in [0, 0.1) is 11.7 Å². The number of halogens is 3. The van der Waals surface area contributed by atoms with E-state index in [1.807, 2.05) is 12.1 Å². The van der Waals surface area contributed by atoms with Crippen LogP contribution in [0.25, 0.3) is 22.0 Å². The van der Waals surface area contributed by atoms with Gasteiger partial charge in [-0.05, 0) is 44.0 Å². The summed E-state index contributed by atoms with van der Waals surface area (Å²) in [6, 6.07) is 9.33. The Labute approximate surface area is 210 Å². The standard InChI is InChI=1S/C29H34F3N3O/c1-17-10-24-27-26-20(6-5-7-23(26)33(24)4)21-11-19(36-9-8-34-14-18(13-30)15-34)12-22(31)25(21)28(27)35(17)16-29(2,3)32/h5-7,11-12,17-18,28H,8-10,13-16H2,1-4H3. The molecule has 0 N–H and O–H groups in total. The summed E-state index contributed by atoms with van der Waals surface area (Å²) in [7, 11) is 2.08. The van der Waals surface area contributed by atoms with Gasteiger partial charge in [-0.25, -0.2) is 8.78 Å². The van der Waals surface area contributed by atoms with Crippen molar-refractivity contribution >= 4 is 10.9 Å². The molecule has 2 atom stereocenters. The van der Waals surface area contributed by atoms with Crippen LogP contribution in [0.2, 0.25) is 0 Å². The fourth-order valence-electron chi connectivity index (χ4n) is 6.57. The third kappa shape index (κ3) is 3.74. The summed E-state index contributed by atoms with van der Waals surface area (Å²) in [4.78, 5) is 4.29. The fourth-order valence-corrected chi connectivity index (χ4v) is 6.57. The second kappa shape index (κ2) is 8.52. The number of rotatable bonds is 7. The van der Waals surface area contributed by atoms with Gasteiger partial charge in [-0.2, -0.15) is 0 Å². The Morgan fingerprint density at radius 3 is 2.61 bits per heavy atom. The normalized spacial score (nSPS) is 22.1. The van der Waals surface area contributed by atoms with Crippen molar-refractivity contribution in [3.05, 3.63) is 53.0 Å². The van der Waals surface area contributed by atoms with Gasteiger partial charge >= 0.3 is 0 Å². The van der Waals surface area contributed by atoms with Gasteiger partial charge in [0.1, 0.15) is 23.8 Å². The number of hydrogen-bond acceptors (Lipinski definition) is 3. The molecule has 0 saturated carbocycles. The van der Waals surface area contributed by atoms with Crippen molar-refractivity contribution in [2.24, 2.45) is 13.0 Å². The predicted octanol–water partition coefficient (Wildman–Crippen LogP) is 5.66. The minimum Gasteiger partial charge on any atom is -0.492 e. The molecule has 6 rings (SSSR count). The topological polar surface area (TPSA) is 20.6 Å². The predicted molar refractivity (Wildman–Crippen MR) is 137 cm³/mol. The molecule has 7 heteroatoms. The van der Waals surface area contributed by atoms with E-state index in [0.717, 1.165) is 47.1 Å². The molecule has 3 aromatic rings. The van der Waals surface area contributed by atoms with Crippen molar-refractivity contribution in [1.29, 1.82) is 0 Å². The van der Waals surface area contributed by atoms with Crippen LogP contribution in [0.15, 0.2) is 30.3 Å². The van der Waals surface area contributed by atoms with Crippen molar-refractivity contribution in [3.8, 4) is 16.9 Å². The first-order valence-electron chi connectivity index (χ1n) is 13.0. The molecular formula is C29H34F3N3O. The molecule has 4 nitrogen and oxygen atoms in total. The highest BCUT2D eigenvalue weighted by molar-refractivity contribution is 6.03. The molecule has 3 aliphatic rings. The summed E-state index contributed by atoms with van der Waals surface area (Å²) >= 11 is 0. The smallest absolute Gasteiger partial charge is 0.132 e. The summed E-state index contributed by atoms with van der Waals surface area (Å²) < 4.78 is 52.0. The lowest BCUT2D eigenvalue weighted by atomic mass is 9.77. The van der Waals surface area contributed by atoms with Gasteiger partial charge in [0.05, 0.1) is 12.7 Å². The number of benzene rings is 2. The van der Waals surface area contributed by atoms with E-state index < -0.39 is 5.67 Å². The van der Waals surface area contributed by atoms with Crippen LogP contribution in [0.1, 0.15) is 43.6 Å². The van der Waals surface area contributed by atoms with Crippen LogP contribution in [-0.4, -0.2) is 65.5 Å². The summed E-state index contributed by atoms with van der Waals surface area (Å²) in [5.41, 5.74) is 4.46. The van der Waals surface area contributed by atoms with Gasteiger partial charge in [-0.15, -0.1) is 0 Å². The number of hydrogen-bond donors (Lipinski definition) is 0. The fraction of sp³-hybridized carbons (Fsp3) is 0.517. The Balaban J connectivity index is 1.43. The van der Waals surface area contributed by atoms with Crippen LogP contribution >= 0.6 is 0 Å². The number of aryl methyl sites for hydroxylation is 1. The number of ether oxygens (including phenoxy) is 1. The van der Waals surface area contributed by atoms with E-state index in [-0.39, 0.29) is 37.0 Å². The van der Waals surface area contributed by atoms with Gasteiger partial charge in [-0.1, -0.05) is 12.1 Å². The minimum atomic E-state index is -1.41. The maximum absolute atomic E-state index is 16.0. The van der Waals surface area contributed by atoms with Crippen molar-refractivity contribution in [1.82, 2.24) is 14.4 Å². The van der Waals surface area contributed by atoms with Gasteiger partial charge in [0.15, 0.2) is 0 Å². The van der Waals surface area contributed by atoms with E-state index in [0.29, 0.717) is 24.5 Å². The Hall–Kier alpha value is -2.51. The Morgan fingerprint density at radius 1 is 1.11 bits per heavy atom. The quantitative estimate of drug-likeness (QED) is 0.420. The number of fused-ring (bicyclic) bond motifs is 3. The maximum Gasteiger partial charge on any atom is 0.132 e. The molecule has 192 valence electrons. The van der Waals surface area contributed by atoms with E-state index >= 15 is 8.78 Å². The molecule has 1 saturated heterocycles. The zero-order valence-corrected chi connectivity index (χ0v) is 21.5. The summed E-state index contributed by atoms with van der Waals surface area (Å²) in [6.45, 7) is 7.85. The first kappa shape index (κ1) is 23.9. The van der Waals surface area contributed by atoms with E-state index in [2.05, 4.69) is 40.5 Å². The van der Waals surface area contributed by atoms with Crippen molar-refractivity contribution in [3.63, 3.8) is 0 Å². The molecule has 1 aromatic heterocycles. The lowest BCUT2D eigenvalue weighted by Crippen LogP contribution is -2.49. The highest BCUT2D eigenvalue weighted by atomic mass is 19.1. The van der Waals surface area contributed by atoms with Crippen LogP contribution in [0.5, 0.6) is 5.75 Å². The summed E-state index contributed by atoms with van der Waals surface area (Å²) in [6.07, 6.45) is 0.796. The molecule has 0 spiro atoms. The Bertz CT molecular complexity index is 1320. The van der Waals surface area contributed by atoms with Crippen molar-refractivity contribution < 1.29 is 17.9 Å². The zero-order valence-electron chi connectivity index (χ0n) is 21.5. The van der Waals surface area contributed by atoms with E-state index in [4.69, 9.17) is 4.74 Å². The molecule has 2 aromatic carbocycles. The Kier molecular flexibility index (Phi) is 5.65. The SMILES string of the molecule is CC1Cc2c3c4c(cccc4n2C)-c2cc(OCCN4CC(CF)C4)cc(F)c2C3N1CC(C)(C)F. The van der Waals surface area contributed by atoms with E-state index in [1.54, 1.807) is 13.8 Å². The summed E-state index contributed by atoms with van der Waals surface area (Å²) in [5, 5.41) is 1.13. The van der Waals surface area contributed by atoms with Gasteiger partial charge in [0, 0.05) is 85.4 Å². The van der Waals surface area contributed by atoms with Gasteiger partial charge in [0.25, 0.3) is 0 Å². The minimum absolute atomic E-state index is 0.0648. The van der Waals surface area contributed by atoms with Crippen molar-refractivity contribution in [2.75, 3.05) is 39.5 Å². The zero-order chi connectivity index (χ0) is 25.4. The molecule has 2 unspecified atom stereocenters. The number of likely N-dealkylation sites (tertiary alicyclic amines) is 1. The molecule has 1 fully saturated rings. The van der Waals surface area contributed by atoms with E-state index in [1.165, 1.54) is 11.8 Å². The highest BCUT2D eigenvalue weighted by Gasteiger charge is 2.44. The molecule has 3 heterocycles. The third-order valence-corrected chi connectivity index (χ3v) is 8.20. The monoisotopic (exact) mass is 497 g/mol. The largest absolute Gasteiger partial charge is 0.492 e. The maximum atomic E-state index is 16.0. The van der Waals surface area contributed by atoms with Crippen LogP contribution in [0.3, 0.4) is 0 Å². The molecule has 2 aliphatic heterocycles. The molecule has 1 aliphatic carbocycles. The lowest BCUT2D eigenvalue weighted by molar-refractivity contribution is 0.0654. The van der Waals surface area contributed by atoms with Crippen LogP contribution in [-0.2, 0) is 13.5 Å². The van der Waals surface area contributed by atoms with Gasteiger partial charge in [0.2, 0.25) is 0 Å². The van der Waals surface area contributed by atoms with Gasteiger partial charge in [-0.3, -0.25) is 14.2 Å². The number of alkyl halides is 2. The first-order chi connectivity index (χ1) is 17.2. The average Bonchev–Trinajstić information content (AvgIpc) is 3.07. The second-order valence-electron chi connectivity index (χ2n) is 11.5. The first-order valence-corrected chi connectivity index (χ1v) is 13.0. The molecule has 0 amide bonds. The lowest BCUT2D eigenvalue weighted by Gasteiger charge is -2.45. The number of aromatic nitrogens is 1. The van der Waals surface area contributed by atoms with Gasteiger partial charge < -0.3 is 9.30 Å². The second-order valence-corrected chi connectivity index (χ2v) is 11.5. The van der Waals surface area contributed by atoms with Crippen LogP contribution in [0.4, 0.5) is 13.2 Å². The van der Waals surface area contributed by atoms with E-state index in [9.17, 15) is 4.39 Å². The number of nitrogens with zero attached hydrogens (tertiary/aromatic N) is 3. The molecule has 36 heavy (non-hydrogen) atoms. The van der Waals surface area contributed by atoms with Crippen LogP contribution < -0.4 is 4.74 Å². The molecule has 0 radical (unpaired) electrons. The average molecular weight is 498 g/mol. The summed E-state index contributed by atoms with van der Waals surface area (Å²) in [5.74, 6) is 0.306. The molecule has 0 bridgehead atoms. The van der Waals surface area contributed by atoms with Crippen molar-refractivity contribution in [2.45, 2.75) is 44.9 Å². The highest BCUT2D eigenvalue weighted by Crippen LogP contribution is 2.53. The Morgan fingerprint density at radius 2 is 1.89 bits per heavy atom. The third-order valence-electron chi connectivity index (χ3n) is 8.20. The molecular weight excluding hydrogens is 463 g/mol.